The van der Waals surface area contributed by atoms with Gasteiger partial charge < -0.3 is 10.6 Å². The summed E-state index contributed by atoms with van der Waals surface area (Å²) < 4.78 is 0. The summed E-state index contributed by atoms with van der Waals surface area (Å²) in [4.78, 5) is 24.7. The highest BCUT2D eigenvalue weighted by molar-refractivity contribution is 5.95. The number of benzene rings is 1. The first-order chi connectivity index (χ1) is 9.56. The molecule has 3 rings (SSSR count). The molecule has 106 valence electrons. The van der Waals surface area contributed by atoms with Crippen molar-refractivity contribution in [3.05, 3.63) is 39.9 Å². The number of hydrogen-bond acceptors (Lipinski definition) is 4. The largest absolute Gasteiger partial charge is 0.333 e. The molecular weight excluding hydrogens is 258 g/mol. The van der Waals surface area contributed by atoms with E-state index in [0.29, 0.717) is 5.56 Å². The van der Waals surface area contributed by atoms with Crippen LogP contribution in [-0.2, 0) is 0 Å². The Morgan fingerprint density at radius 3 is 2.25 bits per heavy atom. The molecule has 0 saturated carbocycles. The molecule has 0 radical (unpaired) electrons. The Hall–Kier alpha value is -1.95. The second kappa shape index (κ2) is 4.86. The quantitative estimate of drug-likeness (QED) is 0.657. The van der Waals surface area contributed by atoms with Crippen LogP contribution in [0, 0.1) is 10.1 Å². The first kappa shape index (κ1) is 13.1. The summed E-state index contributed by atoms with van der Waals surface area (Å²) in [7, 11) is 0. The lowest BCUT2D eigenvalue weighted by Gasteiger charge is -2.37. The fourth-order valence-corrected chi connectivity index (χ4v) is 3.43. The van der Waals surface area contributed by atoms with Crippen LogP contribution in [0.1, 0.15) is 36.0 Å². The fraction of sp³-hybridized carbons (Fsp3) is 0.500. The van der Waals surface area contributed by atoms with Gasteiger partial charge >= 0.3 is 0 Å². The molecule has 2 heterocycles. The van der Waals surface area contributed by atoms with Crippen LogP contribution >= 0.6 is 0 Å². The van der Waals surface area contributed by atoms with Gasteiger partial charge in [-0.3, -0.25) is 14.9 Å². The highest BCUT2D eigenvalue weighted by Gasteiger charge is 2.42. The van der Waals surface area contributed by atoms with E-state index in [1.807, 2.05) is 4.90 Å². The zero-order valence-electron chi connectivity index (χ0n) is 11.1. The summed E-state index contributed by atoms with van der Waals surface area (Å²) in [6.45, 7) is 0. The van der Waals surface area contributed by atoms with Gasteiger partial charge in [0.25, 0.3) is 11.6 Å². The predicted octanol–water partition coefficient (Wildman–Crippen LogP) is 1.69. The van der Waals surface area contributed by atoms with Crippen LogP contribution in [0.3, 0.4) is 0 Å². The Morgan fingerprint density at radius 2 is 1.75 bits per heavy atom. The summed E-state index contributed by atoms with van der Waals surface area (Å²) in [6, 6.07) is 6.48. The highest BCUT2D eigenvalue weighted by Crippen LogP contribution is 2.36. The van der Waals surface area contributed by atoms with Crippen LogP contribution in [0.4, 0.5) is 5.69 Å². The van der Waals surface area contributed by atoms with E-state index in [1.54, 1.807) is 0 Å². The molecule has 1 aromatic rings. The van der Waals surface area contributed by atoms with E-state index in [2.05, 4.69) is 0 Å². The number of carbonyl (C=O) groups is 1. The average Bonchev–Trinajstić information content (AvgIpc) is 2.70. The van der Waals surface area contributed by atoms with Crippen molar-refractivity contribution in [3.63, 3.8) is 0 Å². The summed E-state index contributed by atoms with van der Waals surface area (Å²) >= 11 is 0. The molecule has 2 aliphatic rings. The molecule has 2 aliphatic heterocycles. The van der Waals surface area contributed by atoms with Gasteiger partial charge in [0.1, 0.15) is 0 Å². The molecule has 20 heavy (non-hydrogen) atoms. The van der Waals surface area contributed by atoms with Crippen LogP contribution in [0.2, 0.25) is 0 Å². The Labute approximate surface area is 116 Å². The second-order valence-corrected chi connectivity index (χ2v) is 5.63. The van der Waals surface area contributed by atoms with E-state index in [4.69, 9.17) is 5.73 Å². The number of nitrogens with zero attached hydrogens (tertiary/aromatic N) is 2. The van der Waals surface area contributed by atoms with Crippen molar-refractivity contribution in [1.82, 2.24) is 4.90 Å². The van der Waals surface area contributed by atoms with Gasteiger partial charge in [-0.1, -0.05) is 0 Å². The molecule has 2 bridgehead atoms. The van der Waals surface area contributed by atoms with Gasteiger partial charge in [-0.2, -0.15) is 0 Å². The van der Waals surface area contributed by atoms with E-state index < -0.39 is 4.92 Å². The molecule has 0 aliphatic carbocycles. The van der Waals surface area contributed by atoms with E-state index in [-0.39, 0.29) is 29.7 Å². The number of nitro groups is 1. The SMILES string of the molecule is NC1CC2CCC(C1)N2C(=O)c1ccc([N+](=O)[O-])cc1. The van der Waals surface area contributed by atoms with Gasteiger partial charge in [-0.25, -0.2) is 0 Å². The third kappa shape index (κ3) is 2.16. The topological polar surface area (TPSA) is 89.5 Å². The number of non-ortho nitro benzene ring substituents is 1. The van der Waals surface area contributed by atoms with Crippen LogP contribution in [0.15, 0.2) is 24.3 Å². The molecule has 0 aromatic heterocycles. The van der Waals surface area contributed by atoms with E-state index >= 15 is 0 Å². The molecule has 0 spiro atoms. The van der Waals surface area contributed by atoms with Gasteiger partial charge in [0.15, 0.2) is 0 Å². The minimum atomic E-state index is -0.460. The summed E-state index contributed by atoms with van der Waals surface area (Å²) in [5.74, 6) is -0.0284. The predicted molar refractivity (Wildman–Crippen MR) is 73.3 cm³/mol. The number of amides is 1. The first-order valence-electron chi connectivity index (χ1n) is 6.89. The zero-order valence-corrected chi connectivity index (χ0v) is 11.1. The van der Waals surface area contributed by atoms with Crippen molar-refractivity contribution in [1.29, 1.82) is 0 Å². The van der Waals surface area contributed by atoms with Crippen LogP contribution in [0.5, 0.6) is 0 Å². The van der Waals surface area contributed by atoms with Crippen LogP contribution < -0.4 is 5.73 Å². The minimum Gasteiger partial charge on any atom is -0.333 e. The van der Waals surface area contributed by atoms with Gasteiger partial charge in [0, 0.05) is 35.8 Å². The Morgan fingerprint density at radius 1 is 1.20 bits per heavy atom. The number of carbonyl (C=O) groups excluding carboxylic acids is 1. The monoisotopic (exact) mass is 275 g/mol. The number of hydrogen-bond donors (Lipinski definition) is 1. The maximum Gasteiger partial charge on any atom is 0.269 e. The molecule has 1 aromatic carbocycles. The third-order valence-electron chi connectivity index (χ3n) is 4.33. The van der Waals surface area contributed by atoms with Crippen LogP contribution in [-0.4, -0.2) is 33.9 Å². The van der Waals surface area contributed by atoms with Crippen molar-refractivity contribution >= 4 is 11.6 Å². The number of piperidine rings is 1. The number of nitrogens with two attached hydrogens (primary N) is 1. The maximum absolute atomic E-state index is 12.6. The van der Waals surface area contributed by atoms with Crippen molar-refractivity contribution in [2.45, 2.75) is 43.8 Å². The van der Waals surface area contributed by atoms with Crippen molar-refractivity contribution < 1.29 is 9.72 Å². The first-order valence-corrected chi connectivity index (χ1v) is 6.89. The molecule has 6 heteroatoms. The average molecular weight is 275 g/mol. The van der Waals surface area contributed by atoms with E-state index in [0.717, 1.165) is 25.7 Å². The highest BCUT2D eigenvalue weighted by atomic mass is 16.6. The number of nitro benzene ring substituents is 1. The van der Waals surface area contributed by atoms with E-state index in [1.165, 1.54) is 24.3 Å². The summed E-state index contributed by atoms with van der Waals surface area (Å²) in [5, 5.41) is 10.6. The Balaban J connectivity index is 1.81. The molecule has 2 fully saturated rings. The molecule has 2 unspecified atom stereocenters. The lowest BCUT2D eigenvalue weighted by atomic mass is 9.97. The molecule has 1 amide bonds. The van der Waals surface area contributed by atoms with Crippen molar-refractivity contribution in [3.8, 4) is 0 Å². The molecule has 6 nitrogen and oxygen atoms in total. The zero-order chi connectivity index (χ0) is 14.3. The smallest absolute Gasteiger partial charge is 0.269 e. The summed E-state index contributed by atoms with van der Waals surface area (Å²) in [5.41, 5.74) is 6.52. The molecule has 2 atom stereocenters. The van der Waals surface area contributed by atoms with Crippen molar-refractivity contribution in [2.75, 3.05) is 0 Å². The summed E-state index contributed by atoms with van der Waals surface area (Å²) in [6.07, 6.45) is 3.73. The van der Waals surface area contributed by atoms with Gasteiger partial charge in [0.05, 0.1) is 4.92 Å². The lowest BCUT2D eigenvalue weighted by Crippen LogP contribution is -2.50. The molecule has 2 N–H and O–H groups in total. The number of fused-ring (bicyclic) bond motifs is 2. The second-order valence-electron chi connectivity index (χ2n) is 5.63. The van der Waals surface area contributed by atoms with E-state index in [9.17, 15) is 14.9 Å². The Kier molecular flexibility index (Phi) is 3.17. The molecular formula is C14H17N3O3. The Bertz CT molecular complexity index is 529. The van der Waals surface area contributed by atoms with Gasteiger partial charge in [-0.15, -0.1) is 0 Å². The van der Waals surface area contributed by atoms with Crippen molar-refractivity contribution in [2.24, 2.45) is 5.73 Å². The third-order valence-corrected chi connectivity index (χ3v) is 4.33. The maximum atomic E-state index is 12.6. The normalized spacial score (nSPS) is 28.4. The lowest BCUT2D eigenvalue weighted by molar-refractivity contribution is -0.384. The van der Waals surface area contributed by atoms with Crippen LogP contribution in [0.25, 0.3) is 0 Å². The minimum absolute atomic E-state index is 0.00480. The van der Waals surface area contributed by atoms with Gasteiger partial charge in [0.2, 0.25) is 0 Å². The fourth-order valence-electron chi connectivity index (χ4n) is 3.43. The van der Waals surface area contributed by atoms with Gasteiger partial charge in [-0.05, 0) is 37.8 Å². The standard InChI is InChI=1S/C14H17N3O3/c15-10-7-12-5-6-13(8-10)16(12)14(18)9-1-3-11(4-2-9)17(19)20/h1-4,10,12-13H,5-8,15H2. The number of rotatable bonds is 2. The molecule has 2 saturated heterocycles.